The molecule has 0 fully saturated rings. The van der Waals surface area contributed by atoms with E-state index in [1.54, 1.807) is 24.3 Å². The van der Waals surface area contributed by atoms with Gasteiger partial charge in [0, 0.05) is 5.02 Å². The number of thiocarbonyl (C=S) groups is 1. The number of benzene rings is 1. The molecule has 4 N–H and O–H groups in total. The number of hydrogen-bond donors (Lipinski definition) is 2. The molecule has 1 aromatic carbocycles. The highest BCUT2D eigenvalue weighted by Crippen LogP contribution is 2.16. The van der Waals surface area contributed by atoms with Gasteiger partial charge in [-0.25, -0.2) is 5.84 Å². The summed E-state index contributed by atoms with van der Waals surface area (Å²) in [5.74, 6) is 5.52. The summed E-state index contributed by atoms with van der Waals surface area (Å²) in [5.41, 5.74) is 5.98. The Morgan fingerprint density at radius 2 is 2.17 bits per heavy atom. The largest absolute Gasteiger partial charge is 0.375 e. The summed E-state index contributed by atoms with van der Waals surface area (Å²) in [5, 5.41) is 1.90. The minimum atomic E-state index is 0.109. The first-order valence-electron chi connectivity index (χ1n) is 3.21. The third-order valence-electron chi connectivity index (χ3n) is 1.32. The average molecular weight is 202 g/mol. The first kappa shape index (κ1) is 9.25. The van der Waals surface area contributed by atoms with Gasteiger partial charge in [0.2, 0.25) is 0 Å². The van der Waals surface area contributed by atoms with Crippen molar-refractivity contribution in [1.29, 1.82) is 0 Å². The van der Waals surface area contributed by atoms with E-state index >= 15 is 0 Å². The Kier molecular flexibility index (Phi) is 2.86. The normalized spacial score (nSPS) is 9.50. The van der Waals surface area contributed by atoms with Crippen molar-refractivity contribution in [3.63, 3.8) is 0 Å². The summed E-state index contributed by atoms with van der Waals surface area (Å²) in [6, 6.07) is 6.97. The lowest BCUT2D eigenvalue weighted by Crippen LogP contribution is -2.41. The van der Waals surface area contributed by atoms with E-state index in [1.165, 1.54) is 5.01 Å². The molecule has 0 bridgehead atoms. The van der Waals surface area contributed by atoms with Gasteiger partial charge in [0.1, 0.15) is 0 Å². The standard InChI is InChI=1S/C7H8ClN3S/c8-5-2-1-3-6(4-5)11(10)7(9)12/h1-4H,10H2,(H2,9,12). The molecule has 12 heavy (non-hydrogen) atoms. The van der Waals surface area contributed by atoms with Crippen LogP contribution in [0.3, 0.4) is 0 Å². The second-order valence-electron chi connectivity index (χ2n) is 2.19. The van der Waals surface area contributed by atoms with Crippen LogP contribution in [0.15, 0.2) is 24.3 Å². The van der Waals surface area contributed by atoms with E-state index in [-0.39, 0.29) is 5.11 Å². The van der Waals surface area contributed by atoms with Crippen LogP contribution in [0.5, 0.6) is 0 Å². The average Bonchev–Trinajstić information content (AvgIpc) is 2.03. The molecule has 0 saturated heterocycles. The van der Waals surface area contributed by atoms with E-state index in [4.69, 9.17) is 23.2 Å². The lowest BCUT2D eigenvalue weighted by Gasteiger charge is -2.15. The molecule has 1 rings (SSSR count). The zero-order chi connectivity index (χ0) is 9.14. The zero-order valence-corrected chi connectivity index (χ0v) is 7.77. The molecule has 0 amide bonds. The van der Waals surface area contributed by atoms with Gasteiger partial charge in [-0.15, -0.1) is 0 Å². The van der Waals surface area contributed by atoms with Gasteiger partial charge in [0.05, 0.1) is 5.69 Å². The van der Waals surface area contributed by atoms with Crippen LogP contribution in [0.25, 0.3) is 0 Å². The van der Waals surface area contributed by atoms with Crippen molar-refractivity contribution >= 4 is 34.6 Å². The van der Waals surface area contributed by atoms with Crippen LogP contribution in [0.4, 0.5) is 5.69 Å². The van der Waals surface area contributed by atoms with Crippen LogP contribution in [0, 0.1) is 0 Å². The Morgan fingerprint density at radius 1 is 1.50 bits per heavy atom. The van der Waals surface area contributed by atoms with Crippen molar-refractivity contribution in [1.82, 2.24) is 0 Å². The first-order valence-corrected chi connectivity index (χ1v) is 3.99. The van der Waals surface area contributed by atoms with Gasteiger partial charge in [0.15, 0.2) is 5.11 Å². The van der Waals surface area contributed by atoms with Crippen molar-refractivity contribution in [3.8, 4) is 0 Å². The molecule has 0 radical (unpaired) electrons. The van der Waals surface area contributed by atoms with Crippen molar-refractivity contribution < 1.29 is 0 Å². The van der Waals surface area contributed by atoms with Gasteiger partial charge in [0.25, 0.3) is 0 Å². The minimum absolute atomic E-state index is 0.109. The number of hydrazine groups is 1. The summed E-state index contributed by atoms with van der Waals surface area (Å²) in [7, 11) is 0. The molecule has 0 unspecified atom stereocenters. The van der Waals surface area contributed by atoms with E-state index in [0.717, 1.165) is 0 Å². The van der Waals surface area contributed by atoms with Gasteiger partial charge < -0.3 is 5.73 Å². The second-order valence-corrected chi connectivity index (χ2v) is 3.04. The Morgan fingerprint density at radius 3 is 2.67 bits per heavy atom. The third-order valence-corrected chi connectivity index (χ3v) is 1.76. The van der Waals surface area contributed by atoms with E-state index in [0.29, 0.717) is 10.7 Å². The Bertz CT molecular complexity index is 302. The fourth-order valence-corrected chi connectivity index (χ4v) is 1.04. The van der Waals surface area contributed by atoms with E-state index in [9.17, 15) is 0 Å². The van der Waals surface area contributed by atoms with Crippen molar-refractivity contribution in [3.05, 3.63) is 29.3 Å². The maximum absolute atomic E-state index is 5.73. The number of hydrogen-bond acceptors (Lipinski definition) is 2. The SMILES string of the molecule is NC(=S)N(N)c1cccc(Cl)c1. The monoisotopic (exact) mass is 201 g/mol. The molecule has 0 atom stereocenters. The predicted molar refractivity (Wildman–Crippen MR) is 54.9 cm³/mol. The van der Waals surface area contributed by atoms with Gasteiger partial charge in [-0.2, -0.15) is 0 Å². The summed E-state index contributed by atoms with van der Waals surface area (Å²) in [6.07, 6.45) is 0. The quantitative estimate of drug-likeness (QED) is 0.408. The summed E-state index contributed by atoms with van der Waals surface area (Å²) < 4.78 is 0. The summed E-state index contributed by atoms with van der Waals surface area (Å²) in [6.45, 7) is 0. The molecule has 3 nitrogen and oxygen atoms in total. The number of rotatable bonds is 1. The molecule has 0 aromatic heterocycles. The number of halogens is 1. The first-order chi connectivity index (χ1) is 5.61. The second kappa shape index (κ2) is 3.71. The summed E-state index contributed by atoms with van der Waals surface area (Å²) >= 11 is 10.4. The molecule has 0 saturated carbocycles. The molecule has 0 aliphatic rings. The van der Waals surface area contributed by atoms with Crippen LogP contribution in [-0.4, -0.2) is 5.11 Å². The van der Waals surface area contributed by atoms with Crippen LogP contribution < -0.4 is 16.6 Å². The highest BCUT2D eigenvalue weighted by molar-refractivity contribution is 7.80. The molecule has 64 valence electrons. The van der Waals surface area contributed by atoms with Gasteiger partial charge >= 0.3 is 0 Å². The van der Waals surface area contributed by atoms with Gasteiger partial charge in [-0.05, 0) is 30.4 Å². The fourth-order valence-electron chi connectivity index (χ4n) is 0.753. The lowest BCUT2D eigenvalue weighted by molar-refractivity contribution is 1.13. The van der Waals surface area contributed by atoms with Crippen LogP contribution in [0.1, 0.15) is 0 Å². The summed E-state index contributed by atoms with van der Waals surface area (Å²) in [4.78, 5) is 0. The fraction of sp³-hybridized carbons (Fsp3) is 0. The number of nitrogens with zero attached hydrogens (tertiary/aromatic N) is 1. The van der Waals surface area contributed by atoms with Crippen molar-refractivity contribution in [2.24, 2.45) is 11.6 Å². The maximum Gasteiger partial charge on any atom is 0.185 e. The number of nitrogens with two attached hydrogens (primary N) is 2. The van der Waals surface area contributed by atoms with Gasteiger partial charge in [-0.3, -0.25) is 5.01 Å². The molecule has 1 aromatic rings. The van der Waals surface area contributed by atoms with Crippen LogP contribution in [-0.2, 0) is 0 Å². The zero-order valence-electron chi connectivity index (χ0n) is 6.20. The maximum atomic E-state index is 5.73. The lowest BCUT2D eigenvalue weighted by atomic mass is 10.3. The van der Waals surface area contributed by atoms with Crippen molar-refractivity contribution in [2.45, 2.75) is 0 Å². The molecule has 0 aliphatic heterocycles. The van der Waals surface area contributed by atoms with Crippen molar-refractivity contribution in [2.75, 3.05) is 5.01 Å². The smallest absolute Gasteiger partial charge is 0.185 e. The predicted octanol–water partition coefficient (Wildman–Crippen LogP) is 1.26. The molecular weight excluding hydrogens is 194 g/mol. The minimum Gasteiger partial charge on any atom is -0.375 e. The topological polar surface area (TPSA) is 55.3 Å². The van der Waals surface area contributed by atoms with Crippen LogP contribution >= 0.6 is 23.8 Å². The number of anilines is 1. The van der Waals surface area contributed by atoms with E-state index < -0.39 is 0 Å². The highest BCUT2D eigenvalue weighted by atomic mass is 35.5. The van der Waals surface area contributed by atoms with Crippen LogP contribution in [0.2, 0.25) is 5.02 Å². The van der Waals surface area contributed by atoms with E-state index in [2.05, 4.69) is 12.2 Å². The molecular formula is C7H8ClN3S. The molecule has 0 heterocycles. The Balaban J connectivity index is 2.95. The van der Waals surface area contributed by atoms with E-state index in [1.807, 2.05) is 0 Å². The molecule has 5 heteroatoms. The Hall–Kier alpha value is -0.840. The Labute approximate surface area is 80.9 Å². The molecule has 0 spiro atoms. The highest BCUT2D eigenvalue weighted by Gasteiger charge is 2.02. The third kappa shape index (κ3) is 2.07. The van der Waals surface area contributed by atoms with Gasteiger partial charge in [-0.1, -0.05) is 17.7 Å². The molecule has 0 aliphatic carbocycles.